The average molecular weight is 396 g/mol. The number of allylic oxidation sites excluding steroid dienone is 3. The molecule has 0 radical (unpaired) electrons. The Bertz CT molecular complexity index is 935. The molecule has 1 heterocycles. The Labute approximate surface area is 169 Å². The average Bonchev–Trinajstić information content (AvgIpc) is 2.65. The van der Waals surface area contributed by atoms with Crippen molar-refractivity contribution in [3.63, 3.8) is 0 Å². The van der Waals surface area contributed by atoms with Gasteiger partial charge in [0.25, 0.3) is 0 Å². The molecule has 29 heavy (non-hydrogen) atoms. The van der Waals surface area contributed by atoms with Crippen molar-refractivity contribution in [2.75, 3.05) is 13.2 Å². The Morgan fingerprint density at radius 1 is 1.31 bits per heavy atom. The molecule has 2 N–H and O–H groups in total. The van der Waals surface area contributed by atoms with Gasteiger partial charge < -0.3 is 19.9 Å². The number of nitriles is 1. The van der Waals surface area contributed by atoms with Crippen LogP contribution in [0.2, 0.25) is 0 Å². The van der Waals surface area contributed by atoms with Crippen LogP contribution in [0.4, 0.5) is 0 Å². The van der Waals surface area contributed by atoms with Gasteiger partial charge in [0.1, 0.15) is 23.2 Å². The van der Waals surface area contributed by atoms with Crippen molar-refractivity contribution < 1.29 is 23.8 Å². The van der Waals surface area contributed by atoms with Crippen LogP contribution in [0.1, 0.15) is 45.1 Å². The Hall–Kier alpha value is -3.27. The van der Waals surface area contributed by atoms with Gasteiger partial charge in [-0.05, 0) is 30.0 Å². The highest BCUT2D eigenvalue weighted by Gasteiger charge is 2.42. The summed E-state index contributed by atoms with van der Waals surface area (Å²) in [5, 5.41) is 9.64. The number of nitrogens with two attached hydrogens (primary N) is 1. The van der Waals surface area contributed by atoms with Crippen LogP contribution in [-0.4, -0.2) is 25.0 Å². The lowest BCUT2D eigenvalue weighted by atomic mass is 9.70. The van der Waals surface area contributed by atoms with Gasteiger partial charge in [-0.3, -0.25) is 4.79 Å². The Balaban J connectivity index is 1.91. The summed E-state index contributed by atoms with van der Waals surface area (Å²) in [4.78, 5) is 24.3. The number of rotatable bonds is 5. The zero-order valence-corrected chi connectivity index (χ0v) is 16.8. The van der Waals surface area contributed by atoms with Crippen LogP contribution in [0, 0.1) is 16.7 Å². The summed E-state index contributed by atoms with van der Waals surface area (Å²) < 4.78 is 15.9. The van der Waals surface area contributed by atoms with Gasteiger partial charge >= 0.3 is 5.97 Å². The Morgan fingerprint density at radius 3 is 2.62 bits per heavy atom. The standard InChI is InChI=1S/C22H24N2O5/c1-4-27-18(26)12-28-14-7-5-13(6-8-14)19-15(11-23)21(24)29-17-10-22(2,3)9-16(25)20(17)19/h5-8,19H,4,9-10,12,24H2,1-3H3/t19-/m1/s1. The van der Waals surface area contributed by atoms with Crippen LogP contribution < -0.4 is 10.5 Å². The fraction of sp³-hybridized carbons (Fsp3) is 0.409. The van der Waals surface area contributed by atoms with E-state index < -0.39 is 11.9 Å². The summed E-state index contributed by atoms with van der Waals surface area (Å²) in [6.07, 6.45) is 0.954. The molecule has 0 saturated carbocycles. The van der Waals surface area contributed by atoms with Gasteiger partial charge in [0.15, 0.2) is 12.4 Å². The molecule has 0 saturated heterocycles. The van der Waals surface area contributed by atoms with E-state index in [-0.39, 0.29) is 35.9 Å². The van der Waals surface area contributed by atoms with Crippen molar-refractivity contribution in [2.45, 2.75) is 39.5 Å². The van der Waals surface area contributed by atoms with E-state index >= 15 is 0 Å². The molecule has 1 aliphatic heterocycles. The lowest BCUT2D eigenvalue weighted by Crippen LogP contribution is -2.33. The van der Waals surface area contributed by atoms with Gasteiger partial charge in [-0.1, -0.05) is 26.0 Å². The molecule has 0 spiro atoms. The smallest absolute Gasteiger partial charge is 0.344 e. The second kappa shape index (κ2) is 8.00. The molecule has 152 valence electrons. The number of ether oxygens (including phenoxy) is 3. The Morgan fingerprint density at radius 2 is 2.00 bits per heavy atom. The Kier molecular flexibility index (Phi) is 5.64. The van der Waals surface area contributed by atoms with Crippen LogP contribution in [-0.2, 0) is 19.1 Å². The number of hydrogen-bond donors (Lipinski definition) is 1. The number of nitrogens with zero attached hydrogens (tertiary/aromatic N) is 1. The monoisotopic (exact) mass is 396 g/mol. The van der Waals surface area contributed by atoms with Crippen LogP contribution in [0.25, 0.3) is 0 Å². The first-order valence-electron chi connectivity index (χ1n) is 9.48. The zero-order chi connectivity index (χ0) is 21.2. The molecule has 0 aromatic heterocycles. The number of benzene rings is 1. The fourth-order valence-electron chi connectivity index (χ4n) is 3.72. The maximum atomic E-state index is 12.9. The predicted octanol–water partition coefficient (Wildman–Crippen LogP) is 3.08. The quantitative estimate of drug-likeness (QED) is 0.761. The van der Waals surface area contributed by atoms with Crippen LogP contribution in [0.5, 0.6) is 5.75 Å². The van der Waals surface area contributed by atoms with Crippen molar-refractivity contribution in [2.24, 2.45) is 11.1 Å². The maximum Gasteiger partial charge on any atom is 0.344 e. The second-order valence-electron chi connectivity index (χ2n) is 7.87. The molecule has 7 nitrogen and oxygen atoms in total. The van der Waals surface area contributed by atoms with Gasteiger partial charge in [0.05, 0.1) is 12.5 Å². The van der Waals surface area contributed by atoms with Crippen molar-refractivity contribution >= 4 is 11.8 Å². The van der Waals surface area contributed by atoms with E-state index in [0.717, 1.165) is 5.56 Å². The second-order valence-corrected chi connectivity index (χ2v) is 7.87. The molecule has 0 fully saturated rings. The van der Waals surface area contributed by atoms with E-state index in [1.54, 1.807) is 31.2 Å². The summed E-state index contributed by atoms with van der Waals surface area (Å²) in [5.41, 5.74) is 7.23. The molecule has 1 aliphatic carbocycles. The molecule has 2 aliphatic rings. The third-order valence-corrected chi connectivity index (χ3v) is 4.95. The number of Topliss-reactive ketones (excluding diaryl/α,β-unsaturated/α-hetero) is 1. The maximum absolute atomic E-state index is 12.9. The minimum atomic E-state index is -0.577. The number of esters is 1. The lowest BCUT2D eigenvalue weighted by Gasteiger charge is -2.37. The van der Waals surface area contributed by atoms with Gasteiger partial charge in [0.2, 0.25) is 5.88 Å². The van der Waals surface area contributed by atoms with E-state index in [2.05, 4.69) is 6.07 Å². The molecule has 0 bridgehead atoms. The SMILES string of the molecule is CCOC(=O)COc1ccc([C@@H]2C(C#N)=C(N)OC3=C2C(=O)CC(C)(C)C3)cc1. The molecule has 7 heteroatoms. The predicted molar refractivity (Wildman–Crippen MR) is 104 cm³/mol. The fourth-order valence-corrected chi connectivity index (χ4v) is 3.72. The van der Waals surface area contributed by atoms with Gasteiger partial charge in [-0.25, -0.2) is 4.79 Å². The first-order chi connectivity index (χ1) is 13.8. The first-order valence-corrected chi connectivity index (χ1v) is 9.48. The van der Waals surface area contributed by atoms with E-state index in [4.69, 9.17) is 19.9 Å². The lowest BCUT2D eigenvalue weighted by molar-refractivity contribution is -0.145. The van der Waals surface area contributed by atoms with E-state index in [1.165, 1.54) is 0 Å². The van der Waals surface area contributed by atoms with Gasteiger partial charge in [-0.15, -0.1) is 0 Å². The molecular formula is C22H24N2O5. The summed E-state index contributed by atoms with van der Waals surface area (Å²) >= 11 is 0. The van der Waals surface area contributed by atoms with Crippen molar-refractivity contribution in [3.05, 3.63) is 52.6 Å². The normalized spacial score (nSPS) is 20.5. The van der Waals surface area contributed by atoms with Crippen LogP contribution in [0.3, 0.4) is 0 Å². The third-order valence-electron chi connectivity index (χ3n) is 4.95. The number of ketones is 1. The molecular weight excluding hydrogens is 372 g/mol. The van der Waals surface area contributed by atoms with E-state index in [9.17, 15) is 14.9 Å². The largest absolute Gasteiger partial charge is 0.482 e. The molecule has 1 aromatic rings. The summed E-state index contributed by atoms with van der Waals surface area (Å²) in [5.74, 6) is -0.0151. The zero-order valence-electron chi connectivity index (χ0n) is 16.8. The number of hydrogen-bond acceptors (Lipinski definition) is 7. The number of carbonyl (C=O) groups is 2. The summed E-state index contributed by atoms with van der Waals surface area (Å²) in [6.45, 7) is 5.83. The van der Waals surface area contributed by atoms with Crippen LogP contribution >= 0.6 is 0 Å². The molecule has 1 aromatic carbocycles. The van der Waals surface area contributed by atoms with E-state index in [0.29, 0.717) is 29.9 Å². The van der Waals surface area contributed by atoms with E-state index in [1.807, 2.05) is 13.8 Å². The minimum Gasteiger partial charge on any atom is -0.482 e. The highest BCUT2D eigenvalue weighted by molar-refractivity contribution is 6.00. The first kappa shape index (κ1) is 20.5. The minimum absolute atomic E-state index is 0.0318. The van der Waals surface area contributed by atoms with Gasteiger partial charge in [0, 0.05) is 18.4 Å². The molecule has 0 amide bonds. The topological polar surface area (TPSA) is 112 Å². The highest BCUT2D eigenvalue weighted by atomic mass is 16.6. The molecule has 3 rings (SSSR count). The molecule has 0 unspecified atom stereocenters. The van der Waals surface area contributed by atoms with Crippen molar-refractivity contribution in [1.29, 1.82) is 5.26 Å². The summed E-state index contributed by atoms with van der Waals surface area (Å²) in [7, 11) is 0. The van der Waals surface area contributed by atoms with Crippen molar-refractivity contribution in [3.8, 4) is 11.8 Å². The van der Waals surface area contributed by atoms with Crippen molar-refractivity contribution in [1.82, 2.24) is 0 Å². The molecule has 1 atom stereocenters. The van der Waals surface area contributed by atoms with Crippen LogP contribution in [0.15, 0.2) is 47.1 Å². The number of carbonyl (C=O) groups excluding carboxylic acids is 2. The van der Waals surface area contributed by atoms with Gasteiger partial charge in [-0.2, -0.15) is 5.26 Å². The highest BCUT2D eigenvalue weighted by Crippen LogP contribution is 2.47. The third kappa shape index (κ3) is 4.27. The summed E-state index contributed by atoms with van der Waals surface area (Å²) in [6, 6.07) is 9.00.